The van der Waals surface area contributed by atoms with E-state index in [1.54, 1.807) is 24.3 Å². The number of para-hydroxylation sites is 2. The summed E-state index contributed by atoms with van der Waals surface area (Å²) in [6.07, 6.45) is 0. The molecule has 0 saturated carbocycles. The van der Waals surface area contributed by atoms with Gasteiger partial charge in [0.2, 0.25) is 0 Å². The van der Waals surface area contributed by atoms with Crippen LogP contribution in [0.25, 0.3) is 0 Å². The zero-order valence-corrected chi connectivity index (χ0v) is 15.9. The highest BCUT2D eigenvalue weighted by molar-refractivity contribution is 5.92. The van der Waals surface area contributed by atoms with Gasteiger partial charge >= 0.3 is 11.7 Å². The van der Waals surface area contributed by atoms with Crippen LogP contribution in [0.5, 0.6) is 17.2 Å². The molecule has 10 nitrogen and oxygen atoms in total. The summed E-state index contributed by atoms with van der Waals surface area (Å²) in [5, 5.41) is 13.5. The van der Waals surface area contributed by atoms with E-state index in [0.29, 0.717) is 11.5 Å². The van der Waals surface area contributed by atoms with Crippen molar-refractivity contribution in [1.82, 2.24) is 5.32 Å². The minimum Gasteiger partial charge on any atom is -0.493 e. The summed E-state index contributed by atoms with van der Waals surface area (Å²) in [6.45, 7) is -0.166. The largest absolute Gasteiger partial charge is 0.493 e. The molecule has 0 aliphatic rings. The van der Waals surface area contributed by atoms with Crippen molar-refractivity contribution in [2.75, 3.05) is 34.0 Å². The number of nitro groups is 1. The molecule has 2 aromatic rings. The second-order valence-corrected chi connectivity index (χ2v) is 5.57. The highest BCUT2D eigenvalue weighted by Gasteiger charge is 2.19. The number of carbonyl (C=O) groups is 2. The number of methoxy groups -OCH3 is 2. The minimum atomic E-state index is -0.865. The number of carbonyl (C=O) groups excluding carboxylic acids is 2. The molecule has 0 spiro atoms. The Morgan fingerprint density at radius 3 is 2.38 bits per heavy atom. The Bertz CT molecular complexity index is 884. The van der Waals surface area contributed by atoms with Gasteiger partial charge in [0.05, 0.1) is 31.3 Å². The van der Waals surface area contributed by atoms with Gasteiger partial charge in [-0.2, -0.15) is 0 Å². The van der Waals surface area contributed by atoms with Gasteiger partial charge in [-0.15, -0.1) is 0 Å². The number of rotatable bonds is 10. The van der Waals surface area contributed by atoms with Crippen LogP contribution in [0.3, 0.4) is 0 Å². The van der Waals surface area contributed by atoms with Crippen LogP contribution in [0.15, 0.2) is 42.5 Å². The second-order valence-electron chi connectivity index (χ2n) is 5.57. The van der Waals surface area contributed by atoms with E-state index in [1.807, 2.05) is 0 Å². The zero-order valence-electron chi connectivity index (χ0n) is 15.9. The van der Waals surface area contributed by atoms with E-state index in [9.17, 15) is 19.7 Å². The molecule has 1 amide bonds. The molecule has 0 aromatic heterocycles. The summed E-state index contributed by atoms with van der Waals surface area (Å²) >= 11 is 0. The molecule has 0 saturated heterocycles. The van der Waals surface area contributed by atoms with Crippen molar-refractivity contribution in [2.45, 2.75) is 0 Å². The van der Waals surface area contributed by atoms with Gasteiger partial charge in [-0.05, 0) is 24.3 Å². The van der Waals surface area contributed by atoms with Gasteiger partial charge in [-0.25, -0.2) is 4.79 Å². The molecule has 154 valence electrons. The van der Waals surface area contributed by atoms with Crippen LogP contribution >= 0.6 is 0 Å². The van der Waals surface area contributed by atoms with Crippen molar-refractivity contribution in [3.8, 4) is 17.2 Å². The molecule has 0 fully saturated rings. The Balaban J connectivity index is 1.78. The third-order valence-electron chi connectivity index (χ3n) is 3.70. The summed E-state index contributed by atoms with van der Waals surface area (Å²) in [7, 11) is 2.80. The Labute approximate surface area is 166 Å². The van der Waals surface area contributed by atoms with Gasteiger partial charge in [0.25, 0.3) is 5.91 Å². The van der Waals surface area contributed by atoms with E-state index in [2.05, 4.69) is 5.32 Å². The first-order chi connectivity index (χ1) is 14.0. The van der Waals surface area contributed by atoms with Crippen LogP contribution in [-0.4, -0.2) is 50.8 Å². The van der Waals surface area contributed by atoms with Crippen molar-refractivity contribution >= 4 is 17.6 Å². The molecule has 0 radical (unpaired) electrons. The normalized spacial score (nSPS) is 10.0. The SMILES string of the molecule is COc1ccccc1OCCNC(=O)COC(=O)c1ccc(OC)c([N+](=O)[O-])c1. The van der Waals surface area contributed by atoms with Crippen molar-refractivity contribution in [1.29, 1.82) is 0 Å². The molecular weight excluding hydrogens is 384 g/mol. The standard InChI is InChI=1S/C19H20N2O8/c1-26-15-8-7-13(11-14(15)21(24)25)19(23)29-12-18(22)20-9-10-28-17-6-4-3-5-16(17)27-2/h3-8,11H,9-10,12H2,1-2H3,(H,20,22). The van der Waals surface area contributed by atoms with Crippen LogP contribution in [0.4, 0.5) is 5.69 Å². The molecule has 0 atom stereocenters. The number of benzene rings is 2. The lowest BCUT2D eigenvalue weighted by Gasteiger charge is -2.11. The molecule has 2 aromatic carbocycles. The zero-order chi connectivity index (χ0) is 21.2. The monoisotopic (exact) mass is 404 g/mol. The maximum Gasteiger partial charge on any atom is 0.338 e. The quantitative estimate of drug-likeness (QED) is 0.276. The fourth-order valence-electron chi connectivity index (χ4n) is 2.31. The van der Waals surface area contributed by atoms with E-state index in [1.165, 1.54) is 26.4 Å². The third kappa shape index (κ3) is 6.09. The summed E-state index contributed by atoms with van der Waals surface area (Å²) in [6, 6.07) is 10.7. The highest BCUT2D eigenvalue weighted by Crippen LogP contribution is 2.28. The third-order valence-corrected chi connectivity index (χ3v) is 3.70. The molecule has 2 rings (SSSR count). The molecule has 0 unspecified atom stereocenters. The lowest BCUT2D eigenvalue weighted by atomic mass is 10.2. The minimum absolute atomic E-state index is 0.0133. The molecule has 1 N–H and O–H groups in total. The summed E-state index contributed by atoms with van der Waals surface area (Å²) < 4.78 is 20.4. The Kier molecular flexibility index (Phi) is 7.78. The average molecular weight is 404 g/mol. The van der Waals surface area contributed by atoms with Crippen molar-refractivity contribution < 1.29 is 33.5 Å². The van der Waals surface area contributed by atoms with Gasteiger partial charge < -0.3 is 24.3 Å². The van der Waals surface area contributed by atoms with Crippen LogP contribution < -0.4 is 19.5 Å². The Hall–Kier alpha value is -3.82. The van der Waals surface area contributed by atoms with Crippen LogP contribution in [0.1, 0.15) is 10.4 Å². The number of hydrogen-bond acceptors (Lipinski definition) is 8. The lowest BCUT2D eigenvalue weighted by Crippen LogP contribution is -2.32. The lowest BCUT2D eigenvalue weighted by molar-refractivity contribution is -0.385. The molecular formula is C19H20N2O8. The molecule has 29 heavy (non-hydrogen) atoms. The maximum atomic E-state index is 12.0. The molecule has 0 aliphatic carbocycles. The van der Waals surface area contributed by atoms with Crippen LogP contribution in [0, 0.1) is 10.1 Å². The predicted octanol–water partition coefficient (Wildman–Crippen LogP) is 1.96. The summed E-state index contributed by atoms with van der Waals surface area (Å²) in [5.74, 6) is -0.279. The highest BCUT2D eigenvalue weighted by atomic mass is 16.6. The topological polar surface area (TPSA) is 126 Å². The van der Waals surface area contributed by atoms with Crippen molar-refractivity contribution in [3.05, 3.63) is 58.1 Å². The first-order valence-electron chi connectivity index (χ1n) is 8.48. The molecule has 0 heterocycles. The number of nitro benzene ring substituents is 1. The van der Waals surface area contributed by atoms with E-state index < -0.39 is 23.4 Å². The Morgan fingerprint density at radius 2 is 1.72 bits per heavy atom. The van der Waals surface area contributed by atoms with E-state index in [-0.39, 0.29) is 30.2 Å². The summed E-state index contributed by atoms with van der Waals surface area (Å²) in [5.41, 5.74) is -0.440. The van der Waals surface area contributed by atoms with Gasteiger partial charge in [-0.3, -0.25) is 14.9 Å². The van der Waals surface area contributed by atoms with Gasteiger partial charge in [-0.1, -0.05) is 12.1 Å². The van der Waals surface area contributed by atoms with Crippen molar-refractivity contribution in [2.24, 2.45) is 0 Å². The van der Waals surface area contributed by atoms with Gasteiger partial charge in [0.15, 0.2) is 23.9 Å². The molecule has 10 heteroatoms. The van der Waals surface area contributed by atoms with Crippen LogP contribution in [-0.2, 0) is 9.53 Å². The maximum absolute atomic E-state index is 12.0. The number of ether oxygens (including phenoxy) is 4. The predicted molar refractivity (Wildman–Crippen MR) is 101 cm³/mol. The van der Waals surface area contributed by atoms with Crippen molar-refractivity contribution in [3.63, 3.8) is 0 Å². The number of nitrogens with zero attached hydrogens (tertiary/aromatic N) is 1. The fourth-order valence-corrected chi connectivity index (χ4v) is 2.31. The molecule has 0 bridgehead atoms. The number of hydrogen-bond donors (Lipinski definition) is 1. The summed E-state index contributed by atoms with van der Waals surface area (Å²) in [4.78, 5) is 34.1. The first-order valence-corrected chi connectivity index (χ1v) is 8.48. The van der Waals surface area contributed by atoms with Gasteiger partial charge in [0, 0.05) is 6.07 Å². The van der Waals surface area contributed by atoms with E-state index in [0.717, 1.165) is 6.07 Å². The number of esters is 1. The second kappa shape index (κ2) is 10.5. The number of nitrogens with one attached hydrogen (secondary N) is 1. The smallest absolute Gasteiger partial charge is 0.338 e. The average Bonchev–Trinajstić information content (AvgIpc) is 2.74. The van der Waals surface area contributed by atoms with E-state index >= 15 is 0 Å². The van der Waals surface area contributed by atoms with E-state index in [4.69, 9.17) is 18.9 Å². The van der Waals surface area contributed by atoms with Gasteiger partial charge in [0.1, 0.15) is 6.61 Å². The fraction of sp³-hybridized carbons (Fsp3) is 0.263. The number of amides is 1. The van der Waals surface area contributed by atoms with Crippen LogP contribution in [0.2, 0.25) is 0 Å². The Morgan fingerprint density at radius 1 is 1.03 bits per heavy atom. The molecule has 0 aliphatic heterocycles. The first kappa shape index (κ1) is 21.5.